The van der Waals surface area contributed by atoms with Crippen molar-refractivity contribution in [2.75, 3.05) is 12.4 Å². The number of benzene rings is 2. The summed E-state index contributed by atoms with van der Waals surface area (Å²) in [5, 5.41) is 9.25. The summed E-state index contributed by atoms with van der Waals surface area (Å²) in [5.41, 5.74) is 1.90. The van der Waals surface area contributed by atoms with E-state index in [2.05, 4.69) is 10.5 Å². The molecule has 0 saturated heterocycles. The van der Waals surface area contributed by atoms with Crippen LogP contribution in [0.5, 0.6) is 0 Å². The van der Waals surface area contributed by atoms with Crippen molar-refractivity contribution in [3.05, 3.63) is 80.6 Å². The van der Waals surface area contributed by atoms with E-state index in [0.717, 1.165) is 11.3 Å². The molecule has 2 aromatic carbocycles. The fourth-order valence-corrected chi connectivity index (χ4v) is 4.83. The predicted molar refractivity (Wildman–Crippen MR) is 126 cm³/mol. The van der Waals surface area contributed by atoms with Gasteiger partial charge >= 0.3 is 5.97 Å². The first kappa shape index (κ1) is 23.0. The van der Waals surface area contributed by atoms with Crippen LogP contribution in [-0.2, 0) is 4.74 Å². The molecule has 33 heavy (non-hydrogen) atoms. The van der Waals surface area contributed by atoms with Crippen LogP contribution in [-0.4, -0.2) is 24.1 Å². The highest BCUT2D eigenvalue weighted by Crippen LogP contribution is 2.39. The summed E-state index contributed by atoms with van der Waals surface area (Å²) < 4.78 is 23.5. The molecule has 4 aromatic rings. The van der Waals surface area contributed by atoms with Crippen molar-refractivity contribution in [3.63, 3.8) is 0 Å². The van der Waals surface area contributed by atoms with Crippen LogP contribution in [0.1, 0.15) is 26.5 Å². The van der Waals surface area contributed by atoms with Crippen molar-refractivity contribution < 1.29 is 23.2 Å². The Labute approximate surface area is 201 Å². The lowest BCUT2D eigenvalue weighted by Crippen LogP contribution is -2.15. The molecule has 4 rings (SSSR count). The average Bonchev–Trinajstić information content (AvgIpc) is 3.37. The zero-order valence-corrected chi connectivity index (χ0v) is 19.6. The molecule has 0 unspecified atom stereocenters. The van der Waals surface area contributed by atoms with Gasteiger partial charge in [-0.2, -0.15) is 0 Å². The van der Waals surface area contributed by atoms with Gasteiger partial charge in [0.25, 0.3) is 5.91 Å². The minimum atomic E-state index is -0.651. The summed E-state index contributed by atoms with van der Waals surface area (Å²) in [6.07, 6.45) is 0. The van der Waals surface area contributed by atoms with Gasteiger partial charge < -0.3 is 14.6 Å². The van der Waals surface area contributed by atoms with Crippen molar-refractivity contribution >= 4 is 51.4 Å². The van der Waals surface area contributed by atoms with Crippen molar-refractivity contribution in [2.24, 2.45) is 0 Å². The Morgan fingerprint density at radius 3 is 2.39 bits per heavy atom. The number of thiophene rings is 1. The lowest BCUT2D eigenvalue weighted by molar-refractivity contribution is 0.0603. The molecular formula is C23H15Cl2FN2O4S. The molecular weight excluding hydrogens is 490 g/mol. The minimum Gasteiger partial charge on any atom is -0.465 e. The Morgan fingerprint density at radius 2 is 1.76 bits per heavy atom. The summed E-state index contributed by atoms with van der Waals surface area (Å²) in [5.74, 6) is -1.39. The molecule has 0 atom stereocenters. The number of halogens is 3. The SMILES string of the molecule is COC(=O)c1c(-c2ccc(F)cc2)csc1NC(=O)c1c(-c2c(Cl)cccc2Cl)noc1C. The number of rotatable bonds is 5. The number of amides is 1. The molecule has 10 heteroatoms. The quantitative estimate of drug-likeness (QED) is 0.300. The number of carbonyl (C=O) groups is 2. The Balaban J connectivity index is 1.76. The Hall–Kier alpha value is -3.20. The van der Waals surface area contributed by atoms with Crippen LogP contribution in [0.3, 0.4) is 0 Å². The fraction of sp³-hybridized carbons (Fsp3) is 0.0870. The molecule has 1 amide bonds. The minimum absolute atomic E-state index is 0.123. The van der Waals surface area contributed by atoms with Gasteiger partial charge in [0.15, 0.2) is 0 Å². The smallest absolute Gasteiger partial charge is 0.341 e. The Bertz CT molecular complexity index is 1350. The highest BCUT2D eigenvalue weighted by atomic mass is 35.5. The predicted octanol–water partition coefficient (Wildman–Crippen LogP) is 6.86. The van der Waals surface area contributed by atoms with Crippen molar-refractivity contribution in [2.45, 2.75) is 6.92 Å². The highest BCUT2D eigenvalue weighted by molar-refractivity contribution is 7.15. The molecule has 0 bridgehead atoms. The largest absolute Gasteiger partial charge is 0.465 e. The first-order valence-electron chi connectivity index (χ1n) is 9.49. The van der Waals surface area contributed by atoms with E-state index < -0.39 is 17.7 Å². The number of aryl methyl sites for hydroxylation is 1. The van der Waals surface area contributed by atoms with Crippen LogP contribution in [0.4, 0.5) is 9.39 Å². The topological polar surface area (TPSA) is 81.4 Å². The highest BCUT2D eigenvalue weighted by Gasteiger charge is 2.28. The van der Waals surface area contributed by atoms with Crippen molar-refractivity contribution in [1.82, 2.24) is 5.16 Å². The molecule has 6 nitrogen and oxygen atoms in total. The average molecular weight is 505 g/mol. The van der Waals surface area contributed by atoms with E-state index in [1.54, 1.807) is 30.5 Å². The van der Waals surface area contributed by atoms with Gasteiger partial charge in [-0.15, -0.1) is 11.3 Å². The summed E-state index contributed by atoms with van der Waals surface area (Å²) in [7, 11) is 1.24. The van der Waals surface area contributed by atoms with Crippen LogP contribution in [0.25, 0.3) is 22.4 Å². The van der Waals surface area contributed by atoms with Gasteiger partial charge in [-0.3, -0.25) is 4.79 Å². The number of hydrogen-bond acceptors (Lipinski definition) is 6. The van der Waals surface area contributed by atoms with Gasteiger partial charge in [0.2, 0.25) is 0 Å². The number of aromatic nitrogens is 1. The number of anilines is 1. The van der Waals surface area contributed by atoms with E-state index in [1.165, 1.54) is 31.4 Å². The number of hydrogen-bond donors (Lipinski definition) is 1. The van der Waals surface area contributed by atoms with Gasteiger partial charge in [-0.1, -0.05) is 46.6 Å². The van der Waals surface area contributed by atoms with Gasteiger partial charge in [0, 0.05) is 16.5 Å². The Kier molecular flexibility index (Phi) is 6.51. The van der Waals surface area contributed by atoms with Crippen LogP contribution in [0.15, 0.2) is 52.4 Å². The molecule has 0 spiro atoms. The maximum atomic E-state index is 13.4. The summed E-state index contributed by atoms with van der Waals surface area (Å²) >= 11 is 13.7. The molecule has 2 heterocycles. The molecule has 0 aliphatic rings. The number of methoxy groups -OCH3 is 1. The van der Waals surface area contributed by atoms with Gasteiger partial charge in [-0.25, -0.2) is 9.18 Å². The number of nitrogens with zero attached hydrogens (tertiary/aromatic N) is 1. The van der Waals surface area contributed by atoms with Gasteiger partial charge in [0.1, 0.15) is 33.4 Å². The molecule has 0 fully saturated rings. The van der Waals surface area contributed by atoms with Gasteiger partial charge in [0.05, 0.1) is 17.2 Å². The standard InChI is InChI=1S/C23H15Cl2FN2O4S/c1-11-17(20(28-32-11)19-15(24)4-3-5-16(19)25)21(29)27-22-18(23(30)31-2)14(10-33-22)12-6-8-13(26)9-7-12/h3-10H,1-2H3,(H,27,29). The normalized spacial score (nSPS) is 10.8. The first-order valence-corrected chi connectivity index (χ1v) is 11.1. The molecule has 1 N–H and O–H groups in total. The lowest BCUT2D eigenvalue weighted by atomic mass is 10.0. The number of esters is 1. The maximum Gasteiger partial charge on any atom is 0.341 e. The van der Waals surface area contributed by atoms with Crippen molar-refractivity contribution in [3.8, 4) is 22.4 Å². The van der Waals surface area contributed by atoms with E-state index in [0.29, 0.717) is 26.7 Å². The second-order valence-electron chi connectivity index (χ2n) is 6.87. The zero-order valence-electron chi connectivity index (χ0n) is 17.2. The monoisotopic (exact) mass is 504 g/mol. The van der Waals surface area contributed by atoms with Crippen LogP contribution in [0, 0.1) is 12.7 Å². The number of nitrogens with one attached hydrogen (secondary N) is 1. The van der Waals surface area contributed by atoms with E-state index >= 15 is 0 Å². The van der Waals surface area contributed by atoms with Crippen molar-refractivity contribution in [1.29, 1.82) is 0 Å². The number of carbonyl (C=O) groups excluding carboxylic acids is 2. The van der Waals surface area contributed by atoms with Crippen LogP contribution in [0.2, 0.25) is 10.0 Å². The maximum absolute atomic E-state index is 13.4. The fourth-order valence-electron chi connectivity index (χ4n) is 3.30. The van der Waals surface area contributed by atoms with E-state index in [-0.39, 0.29) is 27.6 Å². The summed E-state index contributed by atoms with van der Waals surface area (Å²) in [4.78, 5) is 25.8. The third kappa shape index (κ3) is 4.37. The first-order chi connectivity index (χ1) is 15.8. The molecule has 168 valence electrons. The van der Waals surface area contributed by atoms with E-state index in [4.69, 9.17) is 32.5 Å². The summed E-state index contributed by atoms with van der Waals surface area (Å²) in [6.45, 7) is 1.58. The molecule has 0 saturated carbocycles. The zero-order chi connectivity index (χ0) is 23.7. The van der Waals surface area contributed by atoms with Crippen LogP contribution >= 0.6 is 34.5 Å². The molecule has 0 aliphatic carbocycles. The lowest BCUT2D eigenvalue weighted by Gasteiger charge is -2.09. The van der Waals surface area contributed by atoms with E-state index in [1.807, 2.05) is 0 Å². The van der Waals surface area contributed by atoms with E-state index in [9.17, 15) is 14.0 Å². The molecule has 0 aliphatic heterocycles. The molecule has 2 aromatic heterocycles. The third-order valence-corrected chi connectivity index (χ3v) is 6.38. The van der Waals surface area contributed by atoms with Crippen LogP contribution < -0.4 is 5.32 Å². The Morgan fingerprint density at radius 1 is 1.09 bits per heavy atom. The molecule has 0 radical (unpaired) electrons. The van der Waals surface area contributed by atoms with Gasteiger partial charge in [-0.05, 0) is 36.8 Å². The summed E-state index contributed by atoms with van der Waals surface area (Å²) in [6, 6.07) is 10.6. The second kappa shape index (κ2) is 9.35. The third-order valence-electron chi connectivity index (χ3n) is 4.85. The number of ether oxygens (including phenoxy) is 1. The second-order valence-corrected chi connectivity index (χ2v) is 8.56.